The van der Waals surface area contributed by atoms with Crippen molar-refractivity contribution in [3.8, 4) is 0 Å². The van der Waals surface area contributed by atoms with E-state index in [0.29, 0.717) is 19.3 Å². The number of hydrogen-bond donors (Lipinski definition) is 1. The highest BCUT2D eigenvalue weighted by Gasteiger charge is 2.42. The predicted octanol–water partition coefficient (Wildman–Crippen LogP) is 4.20. The SMILES string of the molecule is [2H]O[C@@H]1CC(CC[C@@H]2[C@@H]3C(=C[C@H](C([2H])([2H])[2H])C[C@@H]3OC(=O)[C@@H](C)CC)C=C[C@@H]2C)OC(=O)C1([2H])[2H]. The Kier molecular flexibility index (Phi) is 4.97. The van der Waals surface area contributed by atoms with Crippen LogP contribution in [0.15, 0.2) is 23.8 Å². The number of carbonyl (C=O) groups excluding carboxylic acids is 2. The molecule has 0 saturated carbocycles. The summed E-state index contributed by atoms with van der Waals surface area (Å²) < 4.78 is 57.9. The van der Waals surface area contributed by atoms with Crippen LogP contribution < -0.4 is 0 Å². The van der Waals surface area contributed by atoms with E-state index >= 15 is 0 Å². The normalized spacial score (nSPS) is 43.1. The van der Waals surface area contributed by atoms with Crippen molar-refractivity contribution in [2.75, 3.05) is 0 Å². The second-order valence-electron chi connectivity index (χ2n) is 8.67. The molecule has 0 aromatic carbocycles. The topological polar surface area (TPSA) is 72.8 Å². The Morgan fingerprint density at radius 3 is 3.03 bits per heavy atom. The van der Waals surface area contributed by atoms with Crippen molar-refractivity contribution in [3.05, 3.63) is 23.8 Å². The maximum absolute atomic E-state index is 12.7. The number of aliphatic hydroxyl groups is 1. The zero-order valence-electron chi connectivity index (χ0n) is 23.4. The van der Waals surface area contributed by atoms with Crippen LogP contribution in [0, 0.1) is 29.6 Å². The molecule has 1 fully saturated rings. The van der Waals surface area contributed by atoms with E-state index in [0.717, 1.165) is 5.57 Å². The van der Waals surface area contributed by atoms with Crippen LogP contribution in [0.3, 0.4) is 0 Å². The summed E-state index contributed by atoms with van der Waals surface area (Å²) in [7, 11) is 0. The monoisotopic (exact) mass is 410 g/mol. The van der Waals surface area contributed by atoms with Gasteiger partial charge in [0.1, 0.15) is 12.2 Å². The van der Waals surface area contributed by atoms with Gasteiger partial charge in [-0.15, -0.1) is 0 Å². The maximum Gasteiger partial charge on any atom is 0.308 e. The number of aliphatic hydroxyl groups excluding tert-OH is 1. The summed E-state index contributed by atoms with van der Waals surface area (Å²) >= 11 is 0. The minimum atomic E-state index is -2.36. The van der Waals surface area contributed by atoms with E-state index in [9.17, 15) is 9.59 Å². The minimum absolute atomic E-state index is 0.00583. The first kappa shape index (κ1) is 15.2. The molecule has 29 heavy (non-hydrogen) atoms. The number of cyclic esters (lactones) is 1. The number of allylic oxidation sites excluding steroid dienone is 3. The van der Waals surface area contributed by atoms with Gasteiger partial charge in [0.25, 0.3) is 0 Å². The third kappa shape index (κ3) is 5.30. The number of rotatable bonds is 7. The average molecular weight is 411 g/mol. The van der Waals surface area contributed by atoms with E-state index in [4.69, 9.17) is 17.8 Å². The summed E-state index contributed by atoms with van der Waals surface area (Å²) in [5.74, 6) is -2.42. The number of carbonyl (C=O) groups is 2. The summed E-state index contributed by atoms with van der Waals surface area (Å²) in [6.45, 7) is 3.55. The fraction of sp³-hybridized carbons (Fsp3) is 0.750. The van der Waals surface area contributed by atoms with Crippen LogP contribution in [0.2, 0.25) is 0 Å². The molecule has 8 atom stereocenters. The molecule has 1 saturated heterocycles. The first-order chi connectivity index (χ1) is 16.3. The van der Waals surface area contributed by atoms with Crippen molar-refractivity contribution in [1.82, 2.24) is 0 Å². The van der Waals surface area contributed by atoms with Gasteiger partial charge in [-0.2, -0.15) is 0 Å². The van der Waals surface area contributed by atoms with E-state index < -0.39 is 43.4 Å². The fourth-order valence-electron chi connectivity index (χ4n) is 4.66. The highest BCUT2D eigenvalue weighted by Crippen LogP contribution is 2.45. The second-order valence-corrected chi connectivity index (χ2v) is 8.67. The van der Waals surface area contributed by atoms with Crippen molar-refractivity contribution in [2.24, 2.45) is 29.6 Å². The first-order valence-corrected chi connectivity index (χ1v) is 10.7. The van der Waals surface area contributed by atoms with Crippen molar-refractivity contribution in [1.29, 1.82) is 1.43 Å². The smallest absolute Gasteiger partial charge is 0.308 e. The molecular weight excluding hydrogens is 368 g/mol. The number of hydrogen-bond acceptors (Lipinski definition) is 5. The third-order valence-electron chi connectivity index (χ3n) is 6.53. The first-order valence-electron chi connectivity index (χ1n) is 13.6. The summed E-state index contributed by atoms with van der Waals surface area (Å²) in [5, 5.41) is 4.49. The van der Waals surface area contributed by atoms with Gasteiger partial charge >= 0.3 is 11.9 Å². The summed E-state index contributed by atoms with van der Waals surface area (Å²) in [5.41, 5.74) is 0.853. The Labute approximate surface area is 183 Å². The molecule has 1 aliphatic heterocycles. The van der Waals surface area contributed by atoms with Gasteiger partial charge in [0.15, 0.2) is 0 Å². The van der Waals surface area contributed by atoms with Gasteiger partial charge < -0.3 is 14.6 Å². The molecule has 2 aliphatic carbocycles. The molecule has 0 aromatic rings. The molecule has 0 amide bonds. The van der Waals surface area contributed by atoms with Gasteiger partial charge in [-0.25, -0.2) is 0 Å². The molecule has 5 heteroatoms. The Morgan fingerprint density at radius 1 is 1.48 bits per heavy atom. The van der Waals surface area contributed by atoms with Crippen molar-refractivity contribution < 1.29 is 31.0 Å². The Balaban J connectivity index is 1.82. The van der Waals surface area contributed by atoms with E-state index in [-0.39, 0.29) is 42.5 Å². The van der Waals surface area contributed by atoms with E-state index in [1.165, 1.54) is 0 Å². The fourth-order valence-corrected chi connectivity index (χ4v) is 4.66. The van der Waals surface area contributed by atoms with Crippen LogP contribution in [0.5, 0.6) is 0 Å². The van der Waals surface area contributed by atoms with E-state index in [1.807, 2.05) is 19.1 Å². The lowest BCUT2D eigenvalue weighted by molar-refractivity contribution is -0.162. The molecule has 162 valence electrons. The van der Waals surface area contributed by atoms with Crippen LogP contribution in [-0.2, 0) is 19.1 Å². The Hall–Kier alpha value is -1.62. The second kappa shape index (κ2) is 9.46. The zero-order valence-corrected chi connectivity index (χ0v) is 17.4. The molecule has 0 bridgehead atoms. The molecule has 1 unspecified atom stereocenters. The lowest BCUT2D eigenvalue weighted by atomic mass is 9.65. The molecule has 1 heterocycles. The number of esters is 2. The molecule has 3 aliphatic rings. The quantitative estimate of drug-likeness (QED) is 0.637. The van der Waals surface area contributed by atoms with Crippen LogP contribution >= 0.6 is 0 Å². The standard InChI is InChI=1S/C24H36O5/c1-5-15(3)24(27)29-21-11-14(2)10-17-7-6-16(4)20(23(17)21)9-8-19-12-18(25)13-22(26)28-19/h6-7,10,14-16,18-21,23,25H,5,8-9,11-13H2,1-4H3/t14-,15-,16-,18+,19?,20-,21-,23-/m0/s1/i2D3,13D2,25D. The van der Waals surface area contributed by atoms with Gasteiger partial charge in [-0.1, -0.05) is 45.9 Å². The molecule has 3 rings (SSSR count). The summed E-state index contributed by atoms with van der Waals surface area (Å²) in [4.78, 5) is 24.9. The van der Waals surface area contributed by atoms with Crippen molar-refractivity contribution in [3.63, 3.8) is 0 Å². The van der Waals surface area contributed by atoms with Crippen molar-refractivity contribution >= 4 is 11.9 Å². The predicted molar refractivity (Wildman–Crippen MR) is 111 cm³/mol. The molecule has 0 spiro atoms. The minimum Gasteiger partial charge on any atom is -0.462 e. The highest BCUT2D eigenvalue weighted by molar-refractivity contribution is 5.72. The number of fused-ring (bicyclic) bond motifs is 1. The average Bonchev–Trinajstić information content (AvgIpc) is 2.79. The summed E-state index contributed by atoms with van der Waals surface area (Å²) in [6.07, 6.45) is 2.98. The van der Waals surface area contributed by atoms with Gasteiger partial charge in [0, 0.05) is 19.2 Å². The molecule has 5 nitrogen and oxygen atoms in total. The van der Waals surface area contributed by atoms with Crippen LogP contribution in [-0.4, -0.2) is 36.8 Å². The van der Waals surface area contributed by atoms with Crippen LogP contribution in [0.4, 0.5) is 0 Å². The van der Waals surface area contributed by atoms with Gasteiger partial charge in [0.05, 0.1) is 18.4 Å². The third-order valence-corrected chi connectivity index (χ3v) is 6.53. The van der Waals surface area contributed by atoms with Gasteiger partial charge in [-0.05, 0) is 49.0 Å². The molecular formula is C24H36O5. The van der Waals surface area contributed by atoms with Gasteiger partial charge in [0.2, 0.25) is 1.43 Å². The Bertz CT molecular complexity index is 854. The highest BCUT2D eigenvalue weighted by atomic mass is 16.5. The van der Waals surface area contributed by atoms with Gasteiger partial charge in [-0.3, -0.25) is 9.59 Å². The Morgan fingerprint density at radius 2 is 2.31 bits per heavy atom. The lowest BCUT2D eigenvalue weighted by Crippen LogP contribution is -2.42. The summed E-state index contributed by atoms with van der Waals surface area (Å²) in [6, 6.07) is 0. The zero-order chi connectivity index (χ0) is 26.1. The molecule has 1 N–H and O–H groups in total. The van der Waals surface area contributed by atoms with Crippen molar-refractivity contribution in [2.45, 2.75) is 84.4 Å². The van der Waals surface area contributed by atoms with E-state index in [2.05, 4.69) is 12.0 Å². The lowest BCUT2D eigenvalue weighted by Gasteiger charge is -2.43. The molecule has 0 radical (unpaired) electrons. The van der Waals surface area contributed by atoms with Crippen LogP contribution in [0.1, 0.15) is 73.0 Å². The van der Waals surface area contributed by atoms with Crippen LogP contribution in [0.25, 0.3) is 0 Å². The number of ether oxygens (including phenoxy) is 2. The largest absolute Gasteiger partial charge is 0.462 e. The molecule has 0 aromatic heterocycles. The van der Waals surface area contributed by atoms with E-state index in [1.54, 1.807) is 13.0 Å². The maximum atomic E-state index is 12.7.